The number of carbonyl (C=O) groups excluding carboxylic acids is 1. The molecule has 1 atom stereocenters. The van der Waals surface area contributed by atoms with Crippen molar-refractivity contribution in [3.8, 4) is 0 Å². The molecule has 4 rings (SSSR count). The highest BCUT2D eigenvalue weighted by atomic mass is 32.1. The molecule has 5 heteroatoms. The number of rotatable bonds is 6. The number of nitrogens with zero attached hydrogens (tertiary/aromatic N) is 2. The summed E-state index contributed by atoms with van der Waals surface area (Å²) in [5, 5.41) is 3.42. The van der Waals surface area contributed by atoms with Gasteiger partial charge in [0.1, 0.15) is 6.54 Å². The second-order valence-electron chi connectivity index (χ2n) is 7.46. The molecule has 1 fully saturated rings. The summed E-state index contributed by atoms with van der Waals surface area (Å²) in [5.74, 6) is -0.180. The van der Waals surface area contributed by atoms with Crippen LogP contribution in [0.2, 0.25) is 0 Å². The summed E-state index contributed by atoms with van der Waals surface area (Å²) in [5.41, 5.74) is 2.40. The number of esters is 1. The Morgan fingerprint density at radius 1 is 1.18 bits per heavy atom. The number of hydrogen-bond donors (Lipinski definition) is 0. The van der Waals surface area contributed by atoms with Crippen molar-refractivity contribution in [2.75, 3.05) is 13.2 Å². The predicted molar refractivity (Wildman–Crippen MR) is 115 cm³/mol. The van der Waals surface area contributed by atoms with Gasteiger partial charge in [0.05, 0.1) is 6.61 Å². The lowest BCUT2D eigenvalue weighted by atomic mass is 10.1. The van der Waals surface area contributed by atoms with Crippen LogP contribution in [0.3, 0.4) is 0 Å². The Balaban J connectivity index is 1.63. The van der Waals surface area contributed by atoms with Crippen molar-refractivity contribution in [3.05, 3.63) is 58.4 Å². The molecule has 1 aromatic carbocycles. The van der Waals surface area contributed by atoms with Crippen LogP contribution in [0.15, 0.2) is 48.0 Å². The quantitative estimate of drug-likeness (QED) is 0.525. The molecule has 3 heterocycles. The summed E-state index contributed by atoms with van der Waals surface area (Å²) in [6.07, 6.45) is 7.23. The van der Waals surface area contributed by atoms with Gasteiger partial charge >= 0.3 is 5.97 Å². The maximum Gasteiger partial charge on any atom is 0.325 e. The number of ether oxygens (including phenoxy) is 1. The number of thiophene rings is 1. The number of likely N-dealkylation sites (tertiary alicyclic amines) is 1. The monoisotopic (exact) mass is 396 g/mol. The Kier molecular flexibility index (Phi) is 6.13. The maximum atomic E-state index is 12.1. The molecule has 3 aromatic rings. The molecule has 1 saturated heterocycles. The predicted octanol–water partition coefficient (Wildman–Crippen LogP) is 5.38. The summed E-state index contributed by atoms with van der Waals surface area (Å²) < 4.78 is 7.21. The van der Waals surface area contributed by atoms with Crippen LogP contribution in [-0.2, 0) is 22.6 Å². The van der Waals surface area contributed by atoms with Gasteiger partial charge in [-0.1, -0.05) is 37.1 Å². The second kappa shape index (κ2) is 8.93. The molecule has 0 aliphatic carbocycles. The van der Waals surface area contributed by atoms with Crippen molar-refractivity contribution in [3.63, 3.8) is 0 Å². The highest BCUT2D eigenvalue weighted by Gasteiger charge is 2.24. The number of benzene rings is 1. The number of hydrogen-bond acceptors (Lipinski definition) is 4. The fourth-order valence-electron chi connectivity index (χ4n) is 4.30. The van der Waals surface area contributed by atoms with Crippen molar-refractivity contribution in [2.45, 2.75) is 51.7 Å². The van der Waals surface area contributed by atoms with Gasteiger partial charge in [0.2, 0.25) is 0 Å². The molecule has 4 nitrogen and oxygen atoms in total. The van der Waals surface area contributed by atoms with E-state index in [1.807, 2.05) is 28.9 Å². The Bertz CT molecular complexity index is 916. The minimum atomic E-state index is -0.180. The van der Waals surface area contributed by atoms with Crippen molar-refractivity contribution in [2.24, 2.45) is 0 Å². The molecule has 28 heavy (non-hydrogen) atoms. The molecule has 0 amide bonds. The van der Waals surface area contributed by atoms with Crippen molar-refractivity contribution in [1.82, 2.24) is 9.47 Å². The Morgan fingerprint density at radius 2 is 2.07 bits per heavy atom. The van der Waals surface area contributed by atoms with E-state index in [4.69, 9.17) is 4.74 Å². The third-order valence-corrected chi connectivity index (χ3v) is 6.56. The topological polar surface area (TPSA) is 34.5 Å². The maximum absolute atomic E-state index is 12.1. The van der Waals surface area contributed by atoms with E-state index >= 15 is 0 Å². The van der Waals surface area contributed by atoms with Gasteiger partial charge in [0, 0.05) is 34.6 Å². The van der Waals surface area contributed by atoms with E-state index in [9.17, 15) is 4.79 Å². The Labute approximate surface area is 170 Å². The number of aromatic nitrogens is 1. The van der Waals surface area contributed by atoms with Crippen LogP contribution in [0.5, 0.6) is 0 Å². The van der Waals surface area contributed by atoms with E-state index in [2.05, 4.69) is 46.8 Å². The van der Waals surface area contributed by atoms with Crippen LogP contribution in [0, 0.1) is 0 Å². The molecule has 2 aromatic heterocycles. The van der Waals surface area contributed by atoms with E-state index in [1.54, 1.807) is 0 Å². The summed E-state index contributed by atoms with van der Waals surface area (Å²) in [7, 11) is 0. The number of carbonyl (C=O) groups is 1. The third-order valence-electron chi connectivity index (χ3n) is 5.58. The first-order valence-electron chi connectivity index (χ1n) is 10.3. The molecule has 0 unspecified atom stereocenters. The SMILES string of the molecule is CCOC(=O)Cn1cc(CN2CCCCC[C@H]2c2cccs2)c2ccccc21. The van der Waals surface area contributed by atoms with Gasteiger partial charge in [-0.3, -0.25) is 9.69 Å². The molecule has 0 N–H and O–H groups in total. The zero-order valence-electron chi connectivity index (χ0n) is 16.5. The average Bonchev–Trinajstić information content (AvgIpc) is 3.27. The summed E-state index contributed by atoms with van der Waals surface area (Å²) in [6, 6.07) is 13.3. The zero-order valence-corrected chi connectivity index (χ0v) is 17.3. The van der Waals surface area contributed by atoms with E-state index in [1.165, 1.54) is 41.5 Å². The van der Waals surface area contributed by atoms with E-state index in [0.29, 0.717) is 12.6 Å². The lowest BCUT2D eigenvalue weighted by molar-refractivity contribution is -0.143. The lowest BCUT2D eigenvalue weighted by Gasteiger charge is -2.29. The van der Waals surface area contributed by atoms with Gasteiger partial charge in [-0.15, -0.1) is 11.3 Å². The van der Waals surface area contributed by atoms with E-state index < -0.39 is 0 Å². The molecule has 0 saturated carbocycles. The lowest BCUT2D eigenvalue weighted by Crippen LogP contribution is -2.27. The first-order valence-corrected chi connectivity index (χ1v) is 11.1. The first kappa shape index (κ1) is 19.2. The minimum Gasteiger partial charge on any atom is -0.465 e. The standard InChI is InChI=1S/C23H28N2O2S/c1-2-27-23(26)17-25-16-18(19-9-5-6-10-20(19)25)15-24-13-7-3-4-11-21(24)22-12-8-14-28-22/h5-6,8-10,12,14,16,21H,2-4,7,11,13,15,17H2,1H3/t21-/m0/s1. The van der Waals surface area contributed by atoms with E-state index in [0.717, 1.165) is 18.6 Å². The van der Waals surface area contributed by atoms with Gasteiger partial charge in [0.15, 0.2) is 0 Å². The second-order valence-corrected chi connectivity index (χ2v) is 8.43. The van der Waals surface area contributed by atoms with Crippen LogP contribution in [-0.4, -0.2) is 28.6 Å². The van der Waals surface area contributed by atoms with Crippen molar-refractivity contribution >= 4 is 28.2 Å². The fraction of sp³-hybridized carbons (Fsp3) is 0.435. The van der Waals surface area contributed by atoms with Crippen LogP contribution >= 0.6 is 11.3 Å². The summed E-state index contributed by atoms with van der Waals surface area (Å²) in [4.78, 5) is 16.2. The Morgan fingerprint density at radius 3 is 2.89 bits per heavy atom. The molecule has 0 spiro atoms. The van der Waals surface area contributed by atoms with Gasteiger partial charge in [-0.2, -0.15) is 0 Å². The van der Waals surface area contributed by atoms with Crippen LogP contribution in [0.4, 0.5) is 0 Å². The van der Waals surface area contributed by atoms with Crippen LogP contribution in [0.1, 0.15) is 49.1 Å². The van der Waals surface area contributed by atoms with Gasteiger partial charge in [-0.05, 0) is 49.4 Å². The highest BCUT2D eigenvalue weighted by molar-refractivity contribution is 7.10. The normalized spacial score (nSPS) is 18.2. The summed E-state index contributed by atoms with van der Waals surface area (Å²) in [6.45, 7) is 4.57. The molecular formula is C23H28N2O2S. The zero-order chi connectivity index (χ0) is 19.3. The van der Waals surface area contributed by atoms with Gasteiger partial charge in [0.25, 0.3) is 0 Å². The molecule has 0 radical (unpaired) electrons. The van der Waals surface area contributed by atoms with Gasteiger partial charge in [-0.25, -0.2) is 0 Å². The molecule has 148 valence electrons. The fourth-order valence-corrected chi connectivity index (χ4v) is 5.20. The van der Waals surface area contributed by atoms with Crippen molar-refractivity contribution < 1.29 is 9.53 Å². The average molecular weight is 397 g/mol. The molecule has 1 aliphatic heterocycles. The van der Waals surface area contributed by atoms with E-state index in [-0.39, 0.29) is 12.5 Å². The van der Waals surface area contributed by atoms with Gasteiger partial charge < -0.3 is 9.30 Å². The highest BCUT2D eigenvalue weighted by Crippen LogP contribution is 2.35. The largest absolute Gasteiger partial charge is 0.465 e. The first-order chi connectivity index (χ1) is 13.8. The molecular weight excluding hydrogens is 368 g/mol. The van der Waals surface area contributed by atoms with Crippen molar-refractivity contribution in [1.29, 1.82) is 0 Å². The number of fused-ring (bicyclic) bond motifs is 1. The molecule has 1 aliphatic rings. The smallest absolute Gasteiger partial charge is 0.325 e. The summed E-state index contributed by atoms with van der Waals surface area (Å²) >= 11 is 1.87. The van der Waals surface area contributed by atoms with Crippen LogP contribution in [0.25, 0.3) is 10.9 Å². The Hall–Kier alpha value is -2.11. The molecule has 0 bridgehead atoms. The third kappa shape index (κ3) is 4.15. The van der Waals surface area contributed by atoms with Crippen LogP contribution < -0.4 is 0 Å². The number of para-hydroxylation sites is 1. The minimum absolute atomic E-state index is 0.180.